The van der Waals surface area contributed by atoms with Gasteiger partial charge in [-0.1, -0.05) is 0 Å². The van der Waals surface area contributed by atoms with Crippen molar-refractivity contribution in [1.29, 1.82) is 5.26 Å². The van der Waals surface area contributed by atoms with E-state index in [1.165, 1.54) is 7.11 Å². The van der Waals surface area contributed by atoms with Crippen molar-refractivity contribution < 1.29 is 24.2 Å². The molecule has 0 aromatic carbocycles. The van der Waals surface area contributed by atoms with Gasteiger partial charge in [-0.2, -0.15) is 5.26 Å². The van der Waals surface area contributed by atoms with Crippen molar-refractivity contribution in [3.05, 3.63) is 22.5 Å². The monoisotopic (exact) mass is 426 g/mol. The second-order valence-electron chi connectivity index (χ2n) is 9.42. The molecule has 8 atom stereocenters. The number of carbonyl (C=O) groups is 2. The van der Waals surface area contributed by atoms with Gasteiger partial charge in [0, 0.05) is 47.3 Å². The third-order valence-electron chi connectivity index (χ3n) is 8.50. The Morgan fingerprint density at radius 1 is 1.26 bits per heavy atom. The fraction of sp³-hybridized carbons (Fsp3) is 0.682. The molecule has 1 aliphatic carbocycles. The number of carbonyl (C=O) groups excluding carboxylic acids is 2. The summed E-state index contributed by atoms with van der Waals surface area (Å²) in [5, 5.41) is 20.7. The van der Waals surface area contributed by atoms with E-state index in [0.29, 0.717) is 29.9 Å². The van der Waals surface area contributed by atoms with Crippen molar-refractivity contribution >= 4 is 11.6 Å². The summed E-state index contributed by atoms with van der Waals surface area (Å²) in [5.41, 5.74) is 1.07. The van der Waals surface area contributed by atoms with E-state index in [1.54, 1.807) is 6.92 Å². The molecule has 6 aliphatic rings. The largest absolute Gasteiger partial charge is 0.492 e. The molecule has 1 N–H and O–H groups in total. The van der Waals surface area contributed by atoms with Crippen LogP contribution in [0.1, 0.15) is 13.3 Å². The van der Waals surface area contributed by atoms with E-state index in [0.717, 1.165) is 6.42 Å². The van der Waals surface area contributed by atoms with Crippen LogP contribution in [0.2, 0.25) is 0 Å². The number of likely N-dealkylation sites (N-methyl/N-ethyl adjacent to an activating group) is 1. The molecule has 2 bridgehead atoms. The van der Waals surface area contributed by atoms with Gasteiger partial charge in [-0.25, -0.2) is 0 Å². The summed E-state index contributed by atoms with van der Waals surface area (Å²) in [7, 11) is 3.44. The van der Waals surface area contributed by atoms with Crippen LogP contribution < -0.4 is 0 Å². The number of nitrogens with zero attached hydrogens (tertiary/aromatic N) is 4. The minimum absolute atomic E-state index is 0.00850. The van der Waals surface area contributed by atoms with Gasteiger partial charge in [0.2, 0.25) is 5.78 Å². The SMILES string of the molecule is COC1=C(C)C(=O)C2=C(C1=O)[C@H](CO)N1[C@@H]3[C@H]4[C@H](C[C@@H]([C@@H]1C#N)N4C)[C@@H]1OCCN1[C@@H]23. The number of ether oxygens (including phenoxy) is 2. The normalized spacial score (nSPS) is 44.5. The first-order valence-corrected chi connectivity index (χ1v) is 10.9. The smallest absolute Gasteiger partial charge is 0.226 e. The lowest BCUT2D eigenvalue weighted by Crippen LogP contribution is -2.78. The van der Waals surface area contributed by atoms with Crippen LogP contribution in [-0.4, -0.2) is 108 Å². The average molecular weight is 426 g/mol. The average Bonchev–Trinajstić information content (AvgIpc) is 3.34. The molecule has 9 nitrogen and oxygen atoms in total. The van der Waals surface area contributed by atoms with Crippen molar-refractivity contribution in [3.8, 4) is 6.07 Å². The molecule has 9 heteroatoms. The molecule has 164 valence electrons. The minimum atomic E-state index is -0.701. The molecule has 0 saturated carbocycles. The summed E-state index contributed by atoms with van der Waals surface area (Å²) in [4.78, 5) is 33.7. The maximum atomic E-state index is 13.6. The number of piperidine rings is 1. The Kier molecular flexibility index (Phi) is 4.08. The van der Waals surface area contributed by atoms with Gasteiger partial charge in [0.15, 0.2) is 11.5 Å². The van der Waals surface area contributed by atoms with E-state index in [4.69, 9.17) is 9.47 Å². The van der Waals surface area contributed by atoms with Gasteiger partial charge in [-0.05, 0) is 20.4 Å². The van der Waals surface area contributed by atoms with Gasteiger partial charge in [-0.3, -0.25) is 24.3 Å². The molecule has 5 aliphatic heterocycles. The van der Waals surface area contributed by atoms with Crippen LogP contribution in [0.4, 0.5) is 0 Å². The summed E-state index contributed by atoms with van der Waals surface area (Å²) < 4.78 is 11.5. The van der Waals surface area contributed by atoms with Crippen LogP contribution in [0.15, 0.2) is 22.5 Å². The number of rotatable bonds is 2. The second kappa shape index (κ2) is 6.47. The maximum absolute atomic E-state index is 13.6. The van der Waals surface area contributed by atoms with E-state index >= 15 is 0 Å². The van der Waals surface area contributed by atoms with Gasteiger partial charge < -0.3 is 14.6 Å². The third kappa shape index (κ3) is 2.12. The van der Waals surface area contributed by atoms with Gasteiger partial charge in [-0.15, -0.1) is 0 Å². The molecule has 0 spiro atoms. The predicted octanol–water partition coefficient (Wildman–Crippen LogP) is -0.965. The first kappa shape index (κ1) is 19.6. The number of fused-ring (bicyclic) bond motifs is 5. The Morgan fingerprint density at radius 3 is 2.71 bits per heavy atom. The first-order valence-electron chi connectivity index (χ1n) is 10.9. The van der Waals surface area contributed by atoms with Crippen LogP contribution in [0, 0.1) is 17.2 Å². The molecule has 0 amide bonds. The molecule has 0 aromatic rings. The lowest BCUT2D eigenvalue weighted by Gasteiger charge is -2.61. The minimum Gasteiger partial charge on any atom is -0.492 e. The zero-order valence-electron chi connectivity index (χ0n) is 17.8. The number of piperazine rings is 1. The highest BCUT2D eigenvalue weighted by Gasteiger charge is 2.68. The van der Waals surface area contributed by atoms with E-state index in [-0.39, 0.29) is 60.2 Å². The van der Waals surface area contributed by atoms with Crippen LogP contribution in [0.25, 0.3) is 0 Å². The number of hydrogen-bond acceptors (Lipinski definition) is 9. The zero-order chi connectivity index (χ0) is 21.8. The first-order chi connectivity index (χ1) is 15.0. The van der Waals surface area contributed by atoms with Crippen molar-refractivity contribution in [2.24, 2.45) is 5.92 Å². The molecule has 0 radical (unpaired) electrons. The predicted molar refractivity (Wildman–Crippen MR) is 106 cm³/mol. The van der Waals surface area contributed by atoms with Crippen LogP contribution in [0.5, 0.6) is 0 Å². The molecule has 6 rings (SSSR count). The third-order valence-corrected chi connectivity index (χ3v) is 8.50. The molecule has 31 heavy (non-hydrogen) atoms. The molecule has 4 saturated heterocycles. The van der Waals surface area contributed by atoms with Crippen LogP contribution >= 0.6 is 0 Å². The second-order valence-corrected chi connectivity index (χ2v) is 9.42. The molecular formula is C22H26N4O5. The van der Waals surface area contributed by atoms with E-state index in [1.807, 2.05) is 4.90 Å². The number of nitriles is 1. The molecule has 5 heterocycles. The zero-order valence-corrected chi connectivity index (χ0v) is 17.8. The molecule has 4 fully saturated rings. The molecule has 0 aromatic heterocycles. The standard InChI is InChI=1S/C22H26N4O5/c1-9-19(28)15-14(20(29)21(9)30-3)13(8-27)26-12(7-23)11-6-10-16(24(11)2)18(26)17(15)25-4-5-31-22(10)25/h10-13,16-18,22,27H,4-6,8H2,1-3H3/t10-,11-,12-,13-,16+,17-,18+,22-/m0/s1. The van der Waals surface area contributed by atoms with E-state index in [2.05, 4.69) is 22.9 Å². The Bertz CT molecular complexity index is 998. The number of hydrogen-bond donors (Lipinski definition) is 1. The number of methoxy groups -OCH3 is 1. The molecular weight excluding hydrogens is 400 g/mol. The number of aliphatic hydroxyl groups is 1. The lowest BCUT2D eigenvalue weighted by molar-refractivity contribution is -0.145. The van der Waals surface area contributed by atoms with E-state index < -0.39 is 12.1 Å². The highest BCUT2D eigenvalue weighted by molar-refractivity contribution is 6.25. The van der Waals surface area contributed by atoms with Crippen LogP contribution in [0.3, 0.4) is 0 Å². The Labute approximate surface area is 180 Å². The highest BCUT2D eigenvalue weighted by Crippen LogP contribution is 2.54. The maximum Gasteiger partial charge on any atom is 0.226 e. The van der Waals surface area contributed by atoms with Crippen molar-refractivity contribution in [1.82, 2.24) is 14.7 Å². The number of aliphatic hydroxyl groups excluding tert-OH is 1. The summed E-state index contributed by atoms with van der Waals surface area (Å²) in [6.45, 7) is 2.56. The summed E-state index contributed by atoms with van der Waals surface area (Å²) >= 11 is 0. The van der Waals surface area contributed by atoms with Crippen molar-refractivity contribution in [2.45, 2.75) is 55.8 Å². The highest BCUT2D eigenvalue weighted by atomic mass is 16.5. The summed E-state index contributed by atoms with van der Waals surface area (Å²) in [6.07, 6.45) is 0.694. The Balaban J connectivity index is 1.63. The number of ketones is 2. The van der Waals surface area contributed by atoms with Crippen LogP contribution in [-0.2, 0) is 19.1 Å². The number of Topliss-reactive ketones (excluding diaryl/α,β-unsaturated/α-hetero) is 2. The van der Waals surface area contributed by atoms with E-state index in [9.17, 15) is 20.0 Å². The topological polar surface area (TPSA) is 106 Å². The van der Waals surface area contributed by atoms with Gasteiger partial charge in [0.25, 0.3) is 0 Å². The fourth-order valence-electron chi connectivity index (χ4n) is 7.45. The molecule has 0 unspecified atom stereocenters. The Hall–Kier alpha value is -2.09. The van der Waals surface area contributed by atoms with Gasteiger partial charge in [0.05, 0.1) is 38.5 Å². The quantitative estimate of drug-likeness (QED) is 0.559. The Morgan fingerprint density at radius 2 is 2.03 bits per heavy atom. The summed E-state index contributed by atoms with van der Waals surface area (Å²) in [6, 6.07) is 0.854. The van der Waals surface area contributed by atoms with Gasteiger partial charge in [0.1, 0.15) is 12.3 Å². The lowest BCUT2D eigenvalue weighted by atomic mass is 9.69. The van der Waals surface area contributed by atoms with Gasteiger partial charge >= 0.3 is 0 Å². The number of allylic oxidation sites excluding steroid dienone is 2. The van der Waals surface area contributed by atoms with Crippen molar-refractivity contribution in [3.63, 3.8) is 0 Å². The van der Waals surface area contributed by atoms with Crippen molar-refractivity contribution in [2.75, 3.05) is 33.9 Å². The summed E-state index contributed by atoms with van der Waals surface area (Å²) in [5.74, 6) is -0.292. The fourth-order valence-corrected chi connectivity index (χ4v) is 7.45.